The molecule has 4 unspecified atom stereocenters. The van der Waals surface area contributed by atoms with Crippen LogP contribution in [0.1, 0.15) is 63.5 Å². The second-order valence-corrected chi connectivity index (χ2v) is 12.9. The number of rotatable bonds is 19. The normalized spacial score (nSPS) is 15.2. The summed E-state index contributed by atoms with van der Waals surface area (Å²) >= 11 is 0. The van der Waals surface area contributed by atoms with Crippen molar-refractivity contribution in [1.29, 1.82) is 0 Å². The minimum Gasteiger partial charge on any atom is -0.369 e. The molecule has 0 aliphatic heterocycles. The molecule has 4 rings (SSSR count). The molecule has 3 aromatic carbocycles. The number of nitrogens with one attached hydrogen (secondary N) is 2. The third kappa shape index (κ3) is 10.7. The summed E-state index contributed by atoms with van der Waals surface area (Å²) in [7, 11) is 0. The largest absolute Gasteiger partial charge is 0.369 e. The zero-order chi connectivity index (χ0) is 33.9. The molecule has 0 heterocycles. The number of hydrogen-bond acceptors (Lipinski definition) is 6. The fraction of sp³-hybridized carbons (Fsp3) is 0.421. The second kappa shape index (κ2) is 16.8. The molecule has 0 bridgehead atoms. The predicted molar refractivity (Wildman–Crippen MR) is 180 cm³/mol. The molecule has 248 valence electrons. The van der Waals surface area contributed by atoms with Gasteiger partial charge in [0.15, 0.2) is 5.78 Å². The number of fused-ring (bicyclic) bond motifs is 1. The van der Waals surface area contributed by atoms with Crippen LogP contribution < -0.4 is 16.4 Å². The highest BCUT2D eigenvalue weighted by atomic mass is 16.2. The van der Waals surface area contributed by atoms with E-state index in [0.717, 1.165) is 34.7 Å². The molecule has 3 aromatic rings. The molecule has 0 saturated heterocycles. The van der Waals surface area contributed by atoms with E-state index in [1.165, 1.54) is 0 Å². The van der Waals surface area contributed by atoms with Crippen molar-refractivity contribution in [2.24, 2.45) is 29.4 Å². The van der Waals surface area contributed by atoms with Crippen molar-refractivity contribution < 1.29 is 28.8 Å². The van der Waals surface area contributed by atoms with Crippen molar-refractivity contribution in [2.75, 3.05) is 6.54 Å². The predicted octanol–water partition coefficient (Wildman–Crippen LogP) is 4.28. The van der Waals surface area contributed by atoms with Gasteiger partial charge in [0.1, 0.15) is 5.78 Å². The van der Waals surface area contributed by atoms with E-state index in [9.17, 15) is 28.8 Å². The summed E-state index contributed by atoms with van der Waals surface area (Å²) in [6, 6.07) is 21.8. The summed E-state index contributed by atoms with van der Waals surface area (Å²) < 4.78 is 0. The molecule has 9 heteroatoms. The zero-order valence-corrected chi connectivity index (χ0v) is 27.2. The maximum absolute atomic E-state index is 13.5. The number of nitrogens with two attached hydrogens (primary N) is 1. The highest BCUT2D eigenvalue weighted by molar-refractivity contribution is 6.38. The molecule has 4 N–H and O–H groups in total. The van der Waals surface area contributed by atoms with Crippen LogP contribution in [-0.4, -0.2) is 47.7 Å². The summed E-state index contributed by atoms with van der Waals surface area (Å²) in [5, 5.41) is 7.22. The SMILES string of the molecule is CCC(C)C(NC(=O)C(CC(=O)Cc1ccccc1)CC1CC1)C(=O)C(=O)NCC(=O)CC(Cc1ccc2ccccc2c1)C(N)=O. The number of primary amides is 1. The number of carbonyl (C=O) groups excluding carboxylic acids is 6. The molecule has 0 aromatic heterocycles. The van der Waals surface area contributed by atoms with Gasteiger partial charge in [0.05, 0.1) is 12.6 Å². The van der Waals surface area contributed by atoms with Gasteiger partial charge in [-0.25, -0.2) is 0 Å². The Morgan fingerprint density at radius 2 is 1.47 bits per heavy atom. The van der Waals surface area contributed by atoms with Gasteiger partial charge in [0.25, 0.3) is 5.91 Å². The molecule has 1 aliphatic rings. The summed E-state index contributed by atoms with van der Waals surface area (Å²) in [5.74, 6) is -4.78. The quantitative estimate of drug-likeness (QED) is 0.167. The lowest BCUT2D eigenvalue weighted by molar-refractivity contribution is -0.142. The molecule has 0 spiro atoms. The second-order valence-electron chi connectivity index (χ2n) is 12.9. The van der Waals surface area contributed by atoms with Gasteiger partial charge in [0, 0.05) is 31.1 Å². The van der Waals surface area contributed by atoms with Gasteiger partial charge in [0.2, 0.25) is 17.6 Å². The Morgan fingerprint density at radius 3 is 2.13 bits per heavy atom. The Labute approximate surface area is 276 Å². The minimum atomic E-state index is -1.11. The third-order valence-electron chi connectivity index (χ3n) is 9.04. The molecule has 4 atom stereocenters. The number of amides is 3. The highest BCUT2D eigenvalue weighted by Gasteiger charge is 2.36. The first kappa shape index (κ1) is 35.2. The molecular weight excluding hydrogens is 594 g/mol. The fourth-order valence-corrected chi connectivity index (χ4v) is 5.86. The number of benzene rings is 3. The van der Waals surface area contributed by atoms with Crippen LogP contribution in [0.25, 0.3) is 10.8 Å². The van der Waals surface area contributed by atoms with Crippen LogP contribution in [0.2, 0.25) is 0 Å². The van der Waals surface area contributed by atoms with Gasteiger partial charge in [-0.15, -0.1) is 0 Å². The van der Waals surface area contributed by atoms with Crippen molar-refractivity contribution in [1.82, 2.24) is 10.6 Å². The lowest BCUT2D eigenvalue weighted by atomic mass is 9.90. The van der Waals surface area contributed by atoms with Crippen LogP contribution in [0, 0.1) is 23.7 Å². The molecule has 1 aliphatic carbocycles. The Hall–Kier alpha value is -4.66. The zero-order valence-electron chi connectivity index (χ0n) is 27.2. The summed E-state index contributed by atoms with van der Waals surface area (Å²) in [5.41, 5.74) is 7.35. The molecular formula is C38H45N3O6. The van der Waals surface area contributed by atoms with Gasteiger partial charge in [-0.3, -0.25) is 28.8 Å². The third-order valence-corrected chi connectivity index (χ3v) is 9.04. The number of carbonyl (C=O) groups is 6. The Balaban J connectivity index is 1.33. The van der Waals surface area contributed by atoms with Crippen LogP contribution in [0.3, 0.4) is 0 Å². The molecule has 1 saturated carbocycles. The smallest absolute Gasteiger partial charge is 0.289 e. The minimum absolute atomic E-state index is 0.0551. The number of ketones is 3. The van der Waals surface area contributed by atoms with Crippen LogP contribution in [0.4, 0.5) is 0 Å². The first-order valence-electron chi connectivity index (χ1n) is 16.5. The van der Waals surface area contributed by atoms with E-state index in [2.05, 4.69) is 10.6 Å². The van der Waals surface area contributed by atoms with Crippen molar-refractivity contribution in [3.63, 3.8) is 0 Å². The van der Waals surface area contributed by atoms with E-state index in [1.54, 1.807) is 6.92 Å². The highest BCUT2D eigenvalue weighted by Crippen LogP contribution is 2.36. The van der Waals surface area contributed by atoms with E-state index in [-0.39, 0.29) is 37.4 Å². The van der Waals surface area contributed by atoms with E-state index < -0.39 is 53.7 Å². The summed E-state index contributed by atoms with van der Waals surface area (Å²) in [6.07, 6.45) is 3.41. The van der Waals surface area contributed by atoms with Crippen LogP contribution >= 0.6 is 0 Å². The van der Waals surface area contributed by atoms with Crippen molar-refractivity contribution in [2.45, 2.75) is 71.3 Å². The topological polar surface area (TPSA) is 152 Å². The van der Waals surface area contributed by atoms with Gasteiger partial charge in [-0.1, -0.05) is 106 Å². The van der Waals surface area contributed by atoms with Gasteiger partial charge in [-0.05, 0) is 46.6 Å². The van der Waals surface area contributed by atoms with E-state index >= 15 is 0 Å². The van der Waals surface area contributed by atoms with E-state index in [1.807, 2.05) is 79.7 Å². The van der Waals surface area contributed by atoms with E-state index in [0.29, 0.717) is 18.8 Å². The first-order valence-corrected chi connectivity index (χ1v) is 16.5. The number of hydrogen-bond donors (Lipinski definition) is 3. The van der Waals surface area contributed by atoms with Gasteiger partial charge >= 0.3 is 0 Å². The summed E-state index contributed by atoms with van der Waals surface area (Å²) in [4.78, 5) is 77.7. The maximum atomic E-state index is 13.5. The summed E-state index contributed by atoms with van der Waals surface area (Å²) in [6.45, 7) is 3.16. The lowest BCUT2D eigenvalue weighted by Crippen LogP contribution is -2.52. The molecule has 47 heavy (non-hydrogen) atoms. The van der Waals surface area contributed by atoms with E-state index in [4.69, 9.17) is 5.73 Å². The molecule has 3 amide bonds. The van der Waals surface area contributed by atoms with Gasteiger partial charge < -0.3 is 16.4 Å². The standard InChI is InChI=1S/C38H45N3O6/c1-3-24(2)34(41-37(46)31(17-26-13-14-26)22-32(42)20-25-9-5-4-6-10-25)35(44)38(47)40-23-33(43)21-30(36(39)45)19-27-15-16-28-11-7-8-12-29(28)18-27/h4-12,15-16,18,24,26,30-31,34H,3,13-14,17,19-23H2,1-2H3,(H2,39,45)(H,40,47)(H,41,46). The van der Waals surface area contributed by atoms with Crippen LogP contribution in [0.15, 0.2) is 72.8 Å². The molecule has 1 fully saturated rings. The van der Waals surface area contributed by atoms with Gasteiger partial charge in [-0.2, -0.15) is 0 Å². The average Bonchev–Trinajstić information content (AvgIpc) is 3.89. The lowest BCUT2D eigenvalue weighted by Gasteiger charge is -2.25. The Bertz CT molecular complexity index is 1600. The van der Waals surface area contributed by atoms with Crippen LogP contribution in [0.5, 0.6) is 0 Å². The molecule has 9 nitrogen and oxygen atoms in total. The van der Waals surface area contributed by atoms with Crippen LogP contribution in [-0.2, 0) is 41.6 Å². The monoisotopic (exact) mass is 639 g/mol. The average molecular weight is 640 g/mol. The Morgan fingerprint density at radius 1 is 0.809 bits per heavy atom. The van der Waals surface area contributed by atoms with Crippen molar-refractivity contribution >= 4 is 45.8 Å². The maximum Gasteiger partial charge on any atom is 0.289 e. The molecule has 0 radical (unpaired) electrons. The Kier molecular flexibility index (Phi) is 12.6. The fourth-order valence-electron chi connectivity index (χ4n) is 5.86. The van der Waals surface area contributed by atoms with Crippen molar-refractivity contribution in [3.8, 4) is 0 Å². The first-order chi connectivity index (χ1) is 22.5. The number of Topliss-reactive ketones (excluding diaryl/α,β-unsaturated/α-hetero) is 3. The van der Waals surface area contributed by atoms with Crippen molar-refractivity contribution in [3.05, 3.63) is 83.9 Å².